The monoisotopic (exact) mass is 384 g/mol. The van der Waals surface area contributed by atoms with E-state index >= 15 is 0 Å². The molecule has 0 spiro atoms. The molecule has 4 rings (SSSR count). The average Bonchev–Trinajstić information content (AvgIpc) is 3.29. The van der Waals surface area contributed by atoms with Gasteiger partial charge in [0.25, 0.3) is 12.4 Å². The van der Waals surface area contributed by atoms with Crippen LogP contribution in [0.4, 0.5) is 0 Å². The maximum Gasteiger partial charge on any atom is 0.290 e. The van der Waals surface area contributed by atoms with Gasteiger partial charge in [-0.25, -0.2) is 15.0 Å². The minimum atomic E-state index is -0.250. The summed E-state index contributed by atoms with van der Waals surface area (Å²) in [5.41, 5.74) is 2.21. The van der Waals surface area contributed by atoms with Crippen molar-refractivity contribution in [3.05, 3.63) is 42.4 Å². The first-order valence-electron chi connectivity index (χ1n) is 9.36. The zero-order chi connectivity index (χ0) is 19.9. The van der Waals surface area contributed by atoms with Crippen LogP contribution in [0, 0.1) is 0 Å². The van der Waals surface area contributed by atoms with Crippen molar-refractivity contribution in [2.24, 2.45) is 0 Å². The molecule has 1 amide bonds. The number of fused-ring (bicyclic) bond motifs is 1. The maximum atomic E-state index is 12.3. The number of hydrogen-bond donors (Lipinski definition) is 2. The van der Waals surface area contributed by atoms with E-state index < -0.39 is 0 Å². The van der Waals surface area contributed by atoms with Crippen molar-refractivity contribution in [1.82, 2.24) is 29.4 Å². The Labute approximate surface area is 162 Å². The van der Waals surface area contributed by atoms with Crippen molar-refractivity contribution in [1.29, 1.82) is 0 Å². The molecule has 3 aromatic rings. The highest BCUT2D eigenvalue weighted by Gasteiger charge is 2.25. The lowest BCUT2D eigenvalue weighted by Crippen LogP contribution is -2.25. The summed E-state index contributed by atoms with van der Waals surface area (Å²) in [6.07, 6.45) is 11.4. The fraction of sp³-hybridized carbons (Fsp3) is 0.421. The number of carbonyl (C=O) groups is 2. The molecule has 0 unspecified atom stereocenters. The Kier molecular flexibility index (Phi) is 6.36. The number of hydrogen-bond acceptors (Lipinski definition) is 5. The van der Waals surface area contributed by atoms with Crippen LogP contribution in [-0.4, -0.2) is 48.1 Å². The van der Waals surface area contributed by atoms with E-state index in [0.29, 0.717) is 18.2 Å². The van der Waals surface area contributed by atoms with E-state index in [-0.39, 0.29) is 12.4 Å². The van der Waals surface area contributed by atoms with E-state index in [1.54, 1.807) is 6.20 Å². The number of nitrogens with one attached hydrogen (secondary N) is 1. The van der Waals surface area contributed by atoms with Gasteiger partial charge in [0, 0.05) is 44.1 Å². The lowest BCUT2D eigenvalue weighted by atomic mass is 10.2. The van der Waals surface area contributed by atoms with Crippen LogP contribution in [0.3, 0.4) is 0 Å². The topological polar surface area (TPSA) is 115 Å². The van der Waals surface area contributed by atoms with Crippen molar-refractivity contribution in [2.45, 2.75) is 45.2 Å². The summed E-state index contributed by atoms with van der Waals surface area (Å²) in [6.45, 7) is 3.32. The van der Waals surface area contributed by atoms with Crippen molar-refractivity contribution in [3.8, 4) is 0 Å². The molecule has 1 aliphatic carbocycles. The molecular formula is C19H24N6O3. The van der Waals surface area contributed by atoms with Gasteiger partial charge in [-0.15, -0.1) is 0 Å². The maximum absolute atomic E-state index is 12.3. The van der Waals surface area contributed by atoms with Crippen LogP contribution in [0.2, 0.25) is 0 Å². The summed E-state index contributed by atoms with van der Waals surface area (Å²) in [4.78, 5) is 33.8. The van der Waals surface area contributed by atoms with Gasteiger partial charge < -0.3 is 19.6 Å². The third kappa shape index (κ3) is 4.54. The fourth-order valence-corrected chi connectivity index (χ4v) is 3.07. The number of carbonyl (C=O) groups excluding carboxylic acids is 1. The van der Waals surface area contributed by atoms with Crippen LogP contribution in [0.25, 0.3) is 11.2 Å². The molecule has 0 saturated heterocycles. The van der Waals surface area contributed by atoms with Gasteiger partial charge in [-0.05, 0) is 25.3 Å². The van der Waals surface area contributed by atoms with Crippen molar-refractivity contribution >= 4 is 23.5 Å². The van der Waals surface area contributed by atoms with E-state index in [1.165, 1.54) is 12.8 Å². The summed E-state index contributed by atoms with van der Waals surface area (Å²) in [5.74, 6) is 0.976. The Bertz CT molecular complexity index is 944. The number of aromatic nitrogens is 5. The van der Waals surface area contributed by atoms with Crippen LogP contribution in [0.5, 0.6) is 0 Å². The lowest BCUT2D eigenvalue weighted by Gasteiger charge is -2.08. The average molecular weight is 384 g/mol. The predicted molar refractivity (Wildman–Crippen MR) is 103 cm³/mol. The molecule has 28 heavy (non-hydrogen) atoms. The molecule has 148 valence electrons. The van der Waals surface area contributed by atoms with Gasteiger partial charge in [-0.2, -0.15) is 0 Å². The highest BCUT2D eigenvalue weighted by Crippen LogP contribution is 2.36. The third-order valence-corrected chi connectivity index (χ3v) is 4.59. The van der Waals surface area contributed by atoms with Gasteiger partial charge in [0.1, 0.15) is 11.3 Å². The summed E-state index contributed by atoms with van der Waals surface area (Å²) >= 11 is 0. The number of aryl methyl sites for hydroxylation is 2. The van der Waals surface area contributed by atoms with Crippen LogP contribution in [-0.2, 0) is 17.8 Å². The Hall–Kier alpha value is -3.23. The Morgan fingerprint density at radius 1 is 1.36 bits per heavy atom. The minimum absolute atomic E-state index is 0.100. The molecule has 0 aliphatic heterocycles. The smallest absolute Gasteiger partial charge is 0.290 e. The van der Waals surface area contributed by atoms with Crippen molar-refractivity contribution < 1.29 is 14.7 Å². The highest BCUT2D eigenvalue weighted by molar-refractivity contribution is 5.96. The van der Waals surface area contributed by atoms with E-state index in [4.69, 9.17) is 9.90 Å². The fourth-order valence-electron chi connectivity index (χ4n) is 3.07. The van der Waals surface area contributed by atoms with Gasteiger partial charge in [-0.1, -0.05) is 6.92 Å². The second-order valence-electron chi connectivity index (χ2n) is 6.56. The van der Waals surface area contributed by atoms with E-state index in [1.807, 2.05) is 24.8 Å². The predicted octanol–water partition coefficient (Wildman–Crippen LogP) is 2.05. The van der Waals surface area contributed by atoms with Gasteiger partial charge in [0.2, 0.25) is 0 Å². The number of carboxylic acid groups (broad SMARTS) is 1. The molecule has 0 atom stereocenters. The quantitative estimate of drug-likeness (QED) is 0.476. The summed E-state index contributed by atoms with van der Waals surface area (Å²) in [7, 11) is 0. The largest absolute Gasteiger partial charge is 0.483 e. The molecular weight excluding hydrogens is 360 g/mol. The SMILES string of the molecule is CCc1nccn1CCCNC(=O)c1cnc2c(c1)ncn2C1CC1.O=CO. The zero-order valence-electron chi connectivity index (χ0n) is 15.8. The zero-order valence-corrected chi connectivity index (χ0v) is 15.8. The summed E-state index contributed by atoms with van der Waals surface area (Å²) in [6, 6.07) is 2.36. The van der Waals surface area contributed by atoms with E-state index in [2.05, 4.69) is 36.3 Å². The summed E-state index contributed by atoms with van der Waals surface area (Å²) in [5, 5.41) is 9.85. The van der Waals surface area contributed by atoms with Gasteiger partial charge >= 0.3 is 0 Å². The molecule has 1 fully saturated rings. The number of pyridine rings is 1. The molecule has 3 aromatic heterocycles. The Balaban J connectivity index is 0.000000706. The standard InChI is InChI=1S/C18H22N6O.CH2O2/c1-2-16-19-7-9-23(16)8-3-6-20-18(25)13-10-15-17(21-11-13)24(12-22-15)14-4-5-14;2-1-3/h7,9-12,14H,2-6,8H2,1H3,(H,20,25);1H,(H,2,3). The lowest BCUT2D eigenvalue weighted by molar-refractivity contribution is -0.122. The van der Waals surface area contributed by atoms with Gasteiger partial charge in [0.05, 0.1) is 11.9 Å². The Morgan fingerprint density at radius 3 is 2.86 bits per heavy atom. The molecule has 3 heterocycles. The molecule has 0 radical (unpaired) electrons. The van der Waals surface area contributed by atoms with E-state index in [0.717, 1.165) is 36.4 Å². The van der Waals surface area contributed by atoms with Crippen LogP contribution < -0.4 is 5.32 Å². The second-order valence-corrected chi connectivity index (χ2v) is 6.56. The first-order valence-corrected chi connectivity index (χ1v) is 9.36. The number of nitrogens with zero attached hydrogens (tertiary/aromatic N) is 5. The van der Waals surface area contributed by atoms with Crippen LogP contribution in [0.15, 0.2) is 31.0 Å². The van der Waals surface area contributed by atoms with Gasteiger partial charge in [-0.3, -0.25) is 9.59 Å². The molecule has 0 aromatic carbocycles. The first-order chi connectivity index (χ1) is 13.7. The molecule has 9 nitrogen and oxygen atoms in total. The molecule has 2 N–H and O–H groups in total. The van der Waals surface area contributed by atoms with Gasteiger partial charge in [0.15, 0.2) is 5.65 Å². The number of imidazole rings is 2. The summed E-state index contributed by atoms with van der Waals surface area (Å²) < 4.78 is 4.23. The first kappa shape index (κ1) is 19.5. The van der Waals surface area contributed by atoms with Crippen molar-refractivity contribution in [3.63, 3.8) is 0 Å². The van der Waals surface area contributed by atoms with E-state index in [9.17, 15) is 4.79 Å². The normalized spacial score (nSPS) is 13.0. The number of amides is 1. The molecule has 0 bridgehead atoms. The molecule has 1 aliphatic rings. The Morgan fingerprint density at radius 2 is 2.14 bits per heavy atom. The van der Waals surface area contributed by atoms with Crippen LogP contribution >= 0.6 is 0 Å². The molecule has 9 heteroatoms. The van der Waals surface area contributed by atoms with Crippen LogP contribution in [0.1, 0.15) is 48.4 Å². The number of rotatable bonds is 7. The molecule has 1 saturated carbocycles. The van der Waals surface area contributed by atoms with Crippen molar-refractivity contribution in [2.75, 3.05) is 6.54 Å². The highest BCUT2D eigenvalue weighted by atomic mass is 16.3. The second kappa shape index (κ2) is 9.12. The minimum Gasteiger partial charge on any atom is -0.483 e. The third-order valence-electron chi connectivity index (χ3n) is 4.59.